The number of nitrogens with zero attached hydrogens (tertiary/aromatic N) is 3. The molecule has 3 rings (SSSR count). The zero-order valence-corrected chi connectivity index (χ0v) is 16.9. The Kier molecular flexibility index (Phi) is 6.13. The molecule has 2 aromatic rings. The van der Waals surface area contributed by atoms with Gasteiger partial charge in [-0.3, -0.25) is 4.79 Å². The second-order valence-electron chi connectivity index (χ2n) is 6.38. The highest BCUT2D eigenvalue weighted by atomic mass is 32.2. The van der Waals surface area contributed by atoms with Gasteiger partial charge in [0, 0.05) is 24.5 Å². The molecule has 1 N–H and O–H groups in total. The van der Waals surface area contributed by atoms with Gasteiger partial charge in [-0.2, -0.15) is 4.31 Å². The van der Waals surface area contributed by atoms with Gasteiger partial charge in [-0.25, -0.2) is 18.4 Å². The van der Waals surface area contributed by atoms with Crippen molar-refractivity contribution < 1.29 is 13.2 Å². The van der Waals surface area contributed by atoms with Gasteiger partial charge in [-0.1, -0.05) is 11.8 Å². The maximum Gasteiger partial charge on any atom is 0.243 e. The number of aryl methyl sites for hydroxylation is 1. The summed E-state index contributed by atoms with van der Waals surface area (Å²) in [4.78, 5) is 20.8. The van der Waals surface area contributed by atoms with E-state index < -0.39 is 10.0 Å². The van der Waals surface area contributed by atoms with Gasteiger partial charge >= 0.3 is 0 Å². The van der Waals surface area contributed by atoms with Gasteiger partial charge in [0.25, 0.3) is 0 Å². The van der Waals surface area contributed by atoms with E-state index in [9.17, 15) is 13.2 Å². The molecule has 1 aliphatic heterocycles. The van der Waals surface area contributed by atoms with Crippen LogP contribution in [0.4, 0.5) is 5.69 Å². The van der Waals surface area contributed by atoms with Crippen molar-refractivity contribution in [3.63, 3.8) is 0 Å². The first kappa shape index (κ1) is 19.8. The molecule has 27 heavy (non-hydrogen) atoms. The fourth-order valence-electron chi connectivity index (χ4n) is 2.76. The zero-order chi connectivity index (χ0) is 19.4. The number of benzene rings is 1. The van der Waals surface area contributed by atoms with E-state index in [1.165, 1.54) is 34.5 Å². The van der Waals surface area contributed by atoms with E-state index in [0.717, 1.165) is 23.6 Å². The molecule has 1 aromatic heterocycles. The quantitative estimate of drug-likeness (QED) is 0.586. The van der Waals surface area contributed by atoms with Gasteiger partial charge < -0.3 is 5.32 Å². The Labute approximate surface area is 163 Å². The van der Waals surface area contributed by atoms with Gasteiger partial charge in [0.05, 0.1) is 10.1 Å². The lowest BCUT2D eigenvalue weighted by Gasteiger charge is -2.16. The average Bonchev–Trinajstić information content (AvgIpc) is 3.17. The summed E-state index contributed by atoms with van der Waals surface area (Å²) in [5.41, 5.74) is 1.40. The zero-order valence-electron chi connectivity index (χ0n) is 15.3. The summed E-state index contributed by atoms with van der Waals surface area (Å²) < 4.78 is 26.6. The Bertz CT molecular complexity index is 910. The van der Waals surface area contributed by atoms with Gasteiger partial charge in [0.2, 0.25) is 15.9 Å². The van der Waals surface area contributed by atoms with Crippen LogP contribution in [0.3, 0.4) is 0 Å². The predicted octanol–water partition coefficient (Wildman–Crippen LogP) is 2.69. The Balaban J connectivity index is 1.62. The van der Waals surface area contributed by atoms with Crippen molar-refractivity contribution >= 4 is 33.4 Å². The monoisotopic (exact) mass is 406 g/mol. The Morgan fingerprint density at radius 3 is 2.48 bits per heavy atom. The van der Waals surface area contributed by atoms with Crippen molar-refractivity contribution in [2.75, 3.05) is 18.4 Å². The van der Waals surface area contributed by atoms with E-state index in [0.29, 0.717) is 18.8 Å². The molecule has 0 spiro atoms. The van der Waals surface area contributed by atoms with Gasteiger partial charge in [0.1, 0.15) is 11.4 Å². The van der Waals surface area contributed by atoms with Crippen molar-refractivity contribution in [2.45, 2.75) is 41.9 Å². The maximum absolute atomic E-state index is 12.5. The number of nitrogens with one attached hydrogen (secondary N) is 1. The lowest BCUT2D eigenvalue weighted by Crippen LogP contribution is -2.27. The van der Waals surface area contributed by atoms with E-state index in [-0.39, 0.29) is 16.1 Å². The molecule has 7 nitrogen and oxygen atoms in total. The number of amides is 1. The fourth-order valence-corrected chi connectivity index (χ4v) is 5.15. The molecule has 0 bridgehead atoms. The van der Waals surface area contributed by atoms with Crippen LogP contribution < -0.4 is 5.32 Å². The molecule has 1 unspecified atom stereocenters. The van der Waals surface area contributed by atoms with Crippen molar-refractivity contribution in [2.24, 2.45) is 0 Å². The molecule has 9 heteroatoms. The standard InChI is InChI=1S/C18H22N4O3S2/c1-13-11-17(20-12-19-13)26-14(2)18(23)21-15-5-7-16(8-6-15)27(24,25)22-9-3-4-10-22/h5-8,11-12,14H,3-4,9-10H2,1-2H3,(H,21,23). The van der Waals surface area contributed by atoms with Crippen LogP contribution in [-0.4, -0.2) is 46.9 Å². The third kappa shape index (κ3) is 4.85. The van der Waals surface area contributed by atoms with Crippen LogP contribution >= 0.6 is 11.8 Å². The van der Waals surface area contributed by atoms with Crippen LogP contribution in [0.15, 0.2) is 46.6 Å². The molecular formula is C18H22N4O3S2. The van der Waals surface area contributed by atoms with Crippen molar-refractivity contribution in [3.8, 4) is 0 Å². The first-order chi connectivity index (χ1) is 12.9. The third-order valence-corrected chi connectivity index (χ3v) is 7.22. The molecular weight excluding hydrogens is 384 g/mol. The minimum Gasteiger partial charge on any atom is -0.325 e. The van der Waals surface area contributed by atoms with Crippen molar-refractivity contribution in [3.05, 3.63) is 42.4 Å². The molecule has 1 saturated heterocycles. The maximum atomic E-state index is 12.5. The topological polar surface area (TPSA) is 92.3 Å². The number of hydrogen-bond donors (Lipinski definition) is 1. The summed E-state index contributed by atoms with van der Waals surface area (Å²) in [7, 11) is -3.44. The molecule has 2 heterocycles. The van der Waals surface area contributed by atoms with Gasteiger partial charge in [0.15, 0.2) is 0 Å². The Morgan fingerprint density at radius 2 is 1.85 bits per heavy atom. The number of thioether (sulfide) groups is 1. The SMILES string of the molecule is Cc1cc(SC(C)C(=O)Nc2ccc(S(=O)(=O)N3CCCC3)cc2)ncn1. The van der Waals surface area contributed by atoms with E-state index in [4.69, 9.17) is 0 Å². The van der Waals surface area contributed by atoms with Crippen LogP contribution in [0.25, 0.3) is 0 Å². The molecule has 144 valence electrons. The summed E-state index contributed by atoms with van der Waals surface area (Å²) in [6.07, 6.45) is 3.27. The van der Waals surface area contributed by atoms with E-state index in [2.05, 4.69) is 15.3 Å². The van der Waals surface area contributed by atoms with Crippen LogP contribution in [0, 0.1) is 6.92 Å². The number of rotatable bonds is 6. The summed E-state index contributed by atoms with van der Waals surface area (Å²) in [5.74, 6) is -0.175. The molecule has 1 atom stereocenters. The molecule has 0 radical (unpaired) electrons. The number of aromatic nitrogens is 2. The third-order valence-electron chi connectivity index (χ3n) is 4.27. The molecule has 0 aliphatic carbocycles. The average molecular weight is 407 g/mol. The van der Waals surface area contributed by atoms with Gasteiger partial charge in [-0.15, -0.1) is 0 Å². The smallest absolute Gasteiger partial charge is 0.243 e. The number of carbonyl (C=O) groups excluding carboxylic acids is 1. The summed E-state index contributed by atoms with van der Waals surface area (Å²) in [6, 6.07) is 8.14. The van der Waals surface area contributed by atoms with Crippen LogP contribution in [0.2, 0.25) is 0 Å². The second-order valence-corrected chi connectivity index (χ2v) is 9.68. The number of hydrogen-bond acceptors (Lipinski definition) is 6. The number of carbonyl (C=O) groups is 1. The minimum atomic E-state index is -3.44. The first-order valence-electron chi connectivity index (χ1n) is 8.72. The second kappa shape index (κ2) is 8.37. The molecule has 1 fully saturated rings. The normalized spacial score (nSPS) is 16.2. The van der Waals surface area contributed by atoms with Gasteiger partial charge in [-0.05, 0) is 57.0 Å². The largest absolute Gasteiger partial charge is 0.325 e. The highest BCUT2D eigenvalue weighted by Crippen LogP contribution is 2.24. The summed E-state index contributed by atoms with van der Waals surface area (Å²) in [5, 5.41) is 3.19. The van der Waals surface area contributed by atoms with Crippen LogP contribution in [0.5, 0.6) is 0 Å². The summed E-state index contributed by atoms with van der Waals surface area (Å²) in [6.45, 7) is 4.80. The lowest BCUT2D eigenvalue weighted by atomic mass is 10.3. The highest BCUT2D eigenvalue weighted by Gasteiger charge is 2.27. The number of anilines is 1. The first-order valence-corrected chi connectivity index (χ1v) is 11.0. The molecule has 1 aliphatic rings. The van der Waals surface area contributed by atoms with Crippen LogP contribution in [0.1, 0.15) is 25.5 Å². The lowest BCUT2D eigenvalue weighted by molar-refractivity contribution is -0.115. The van der Waals surface area contributed by atoms with Crippen molar-refractivity contribution in [1.29, 1.82) is 0 Å². The van der Waals surface area contributed by atoms with Crippen molar-refractivity contribution in [1.82, 2.24) is 14.3 Å². The molecule has 1 amide bonds. The molecule has 1 aromatic carbocycles. The number of sulfonamides is 1. The molecule has 0 saturated carbocycles. The van der Waals surface area contributed by atoms with E-state index >= 15 is 0 Å². The highest BCUT2D eigenvalue weighted by molar-refractivity contribution is 8.00. The fraction of sp³-hybridized carbons (Fsp3) is 0.389. The summed E-state index contributed by atoms with van der Waals surface area (Å²) >= 11 is 1.34. The Morgan fingerprint density at radius 1 is 1.19 bits per heavy atom. The van der Waals surface area contributed by atoms with E-state index in [1.807, 2.05) is 13.0 Å². The van der Waals surface area contributed by atoms with E-state index in [1.54, 1.807) is 19.1 Å². The minimum absolute atomic E-state index is 0.175. The predicted molar refractivity (Wildman–Crippen MR) is 105 cm³/mol. The van der Waals surface area contributed by atoms with Crippen LogP contribution in [-0.2, 0) is 14.8 Å². The Hall–Kier alpha value is -1.97.